The fourth-order valence-electron chi connectivity index (χ4n) is 2.45. The average Bonchev–Trinajstić information content (AvgIpc) is 2.88. The molecular formula is C12H20N2O4. The Kier molecular flexibility index (Phi) is 4.54. The minimum absolute atomic E-state index is 0.0429. The van der Waals surface area contributed by atoms with Crippen molar-refractivity contribution in [2.45, 2.75) is 6.92 Å². The van der Waals surface area contributed by atoms with Crippen LogP contribution in [0, 0.1) is 11.8 Å². The second kappa shape index (κ2) is 6.15. The summed E-state index contributed by atoms with van der Waals surface area (Å²) >= 11 is 0. The number of carbonyl (C=O) groups is 2. The summed E-state index contributed by atoms with van der Waals surface area (Å²) in [4.78, 5) is 25.9. The summed E-state index contributed by atoms with van der Waals surface area (Å²) in [7, 11) is 0. The smallest absolute Gasteiger partial charge is 0.311 e. The van der Waals surface area contributed by atoms with Crippen molar-refractivity contribution in [1.82, 2.24) is 10.2 Å². The Morgan fingerprint density at radius 3 is 2.61 bits per heavy atom. The molecule has 2 heterocycles. The molecule has 2 aliphatic rings. The van der Waals surface area contributed by atoms with Crippen molar-refractivity contribution in [3.63, 3.8) is 0 Å². The van der Waals surface area contributed by atoms with Gasteiger partial charge in [0.05, 0.1) is 31.7 Å². The first-order valence-corrected chi connectivity index (χ1v) is 6.48. The van der Waals surface area contributed by atoms with Gasteiger partial charge >= 0.3 is 5.97 Å². The molecule has 0 saturated carbocycles. The van der Waals surface area contributed by atoms with E-state index in [4.69, 9.17) is 9.47 Å². The molecule has 0 radical (unpaired) electrons. The fourth-order valence-corrected chi connectivity index (χ4v) is 2.45. The monoisotopic (exact) mass is 256 g/mol. The van der Waals surface area contributed by atoms with E-state index in [1.807, 2.05) is 0 Å². The highest BCUT2D eigenvalue weighted by Crippen LogP contribution is 2.21. The minimum Gasteiger partial charge on any atom is -0.466 e. The molecule has 0 aromatic heterocycles. The van der Waals surface area contributed by atoms with Crippen molar-refractivity contribution in [3.05, 3.63) is 0 Å². The first-order valence-electron chi connectivity index (χ1n) is 6.48. The van der Waals surface area contributed by atoms with Gasteiger partial charge in [0.2, 0.25) is 5.91 Å². The molecular weight excluding hydrogens is 236 g/mol. The Labute approximate surface area is 107 Å². The van der Waals surface area contributed by atoms with Gasteiger partial charge in [0, 0.05) is 26.2 Å². The maximum absolute atomic E-state index is 12.3. The molecule has 0 aromatic rings. The van der Waals surface area contributed by atoms with Gasteiger partial charge in [0.25, 0.3) is 0 Å². The quantitative estimate of drug-likeness (QED) is 0.673. The molecule has 0 aliphatic carbocycles. The van der Waals surface area contributed by atoms with E-state index < -0.39 is 0 Å². The summed E-state index contributed by atoms with van der Waals surface area (Å²) in [6.45, 7) is 5.60. The van der Waals surface area contributed by atoms with Crippen LogP contribution in [-0.2, 0) is 19.1 Å². The molecule has 6 heteroatoms. The lowest BCUT2D eigenvalue weighted by Gasteiger charge is -2.30. The molecule has 2 fully saturated rings. The standard InChI is InChI=1S/C12H20N2O4/c1-2-18-12(16)10-8-13-7-9(10)11(15)14-3-5-17-6-4-14/h9-10,13H,2-8H2,1H3/t9-,10-/m1/s1. The zero-order chi connectivity index (χ0) is 13.0. The number of hydrogen-bond acceptors (Lipinski definition) is 5. The third kappa shape index (κ3) is 2.81. The van der Waals surface area contributed by atoms with Gasteiger partial charge in [0.1, 0.15) is 0 Å². The summed E-state index contributed by atoms with van der Waals surface area (Å²) < 4.78 is 10.2. The maximum atomic E-state index is 12.3. The average molecular weight is 256 g/mol. The van der Waals surface area contributed by atoms with Crippen LogP contribution in [0.15, 0.2) is 0 Å². The van der Waals surface area contributed by atoms with Gasteiger partial charge in [-0.3, -0.25) is 9.59 Å². The molecule has 1 N–H and O–H groups in total. The van der Waals surface area contributed by atoms with Crippen molar-refractivity contribution in [3.8, 4) is 0 Å². The number of amides is 1. The lowest BCUT2D eigenvalue weighted by Crippen LogP contribution is -2.46. The molecule has 2 aliphatic heterocycles. The summed E-state index contributed by atoms with van der Waals surface area (Å²) in [5.41, 5.74) is 0. The molecule has 2 rings (SSSR count). The fraction of sp³-hybridized carbons (Fsp3) is 0.833. The molecule has 1 amide bonds. The molecule has 0 bridgehead atoms. The second-order valence-electron chi connectivity index (χ2n) is 4.56. The van der Waals surface area contributed by atoms with Gasteiger partial charge < -0.3 is 19.7 Å². The normalized spacial score (nSPS) is 28.2. The van der Waals surface area contributed by atoms with Crippen LogP contribution in [0.5, 0.6) is 0 Å². The number of esters is 1. The van der Waals surface area contributed by atoms with Crippen LogP contribution < -0.4 is 5.32 Å². The van der Waals surface area contributed by atoms with E-state index in [9.17, 15) is 9.59 Å². The van der Waals surface area contributed by atoms with Crippen LogP contribution in [0.25, 0.3) is 0 Å². The van der Waals surface area contributed by atoms with E-state index in [1.165, 1.54) is 0 Å². The summed E-state index contributed by atoms with van der Waals surface area (Å²) in [6.07, 6.45) is 0. The van der Waals surface area contributed by atoms with Crippen LogP contribution in [0.2, 0.25) is 0 Å². The molecule has 0 unspecified atom stereocenters. The topological polar surface area (TPSA) is 67.9 Å². The predicted octanol–water partition coefficient (Wildman–Crippen LogP) is -0.756. The SMILES string of the molecule is CCOC(=O)[C@@H]1CNC[C@H]1C(=O)N1CCOCC1. The number of nitrogens with zero attached hydrogens (tertiary/aromatic N) is 1. The lowest BCUT2D eigenvalue weighted by molar-refractivity contribution is -0.154. The minimum atomic E-state index is -0.347. The number of morpholine rings is 1. The van der Waals surface area contributed by atoms with Gasteiger partial charge in [-0.2, -0.15) is 0 Å². The van der Waals surface area contributed by atoms with E-state index >= 15 is 0 Å². The maximum Gasteiger partial charge on any atom is 0.311 e. The van der Waals surface area contributed by atoms with Crippen molar-refractivity contribution < 1.29 is 19.1 Å². The van der Waals surface area contributed by atoms with E-state index in [1.54, 1.807) is 11.8 Å². The molecule has 6 nitrogen and oxygen atoms in total. The first-order chi connectivity index (χ1) is 8.74. The van der Waals surface area contributed by atoms with Crippen LogP contribution in [0.4, 0.5) is 0 Å². The zero-order valence-electron chi connectivity index (χ0n) is 10.7. The molecule has 2 saturated heterocycles. The van der Waals surface area contributed by atoms with Crippen LogP contribution in [0.1, 0.15) is 6.92 Å². The summed E-state index contributed by atoms with van der Waals surface area (Å²) in [5.74, 6) is -0.863. The Bertz CT molecular complexity index is 315. The van der Waals surface area contributed by atoms with Crippen LogP contribution >= 0.6 is 0 Å². The molecule has 2 atom stereocenters. The number of ether oxygens (including phenoxy) is 2. The number of rotatable bonds is 3. The Morgan fingerprint density at radius 2 is 1.94 bits per heavy atom. The third-order valence-electron chi connectivity index (χ3n) is 3.44. The largest absolute Gasteiger partial charge is 0.466 e. The number of hydrogen-bond donors (Lipinski definition) is 1. The first kappa shape index (κ1) is 13.3. The molecule has 0 spiro atoms. The van der Waals surface area contributed by atoms with Crippen LogP contribution in [0.3, 0.4) is 0 Å². The van der Waals surface area contributed by atoms with Gasteiger partial charge in [0.15, 0.2) is 0 Å². The Balaban J connectivity index is 1.97. The molecule has 102 valence electrons. The van der Waals surface area contributed by atoms with Crippen molar-refractivity contribution >= 4 is 11.9 Å². The highest BCUT2D eigenvalue weighted by Gasteiger charge is 2.40. The highest BCUT2D eigenvalue weighted by atomic mass is 16.5. The lowest BCUT2D eigenvalue weighted by atomic mass is 9.94. The van der Waals surface area contributed by atoms with Crippen molar-refractivity contribution in [2.24, 2.45) is 11.8 Å². The van der Waals surface area contributed by atoms with E-state index in [0.29, 0.717) is 46.0 Å². The Morgan fingerprint density at radius 1 is 1.28 bits per heavy atom. The summed E-state index contributed by atoms with van der Waals surface area (Å²) in [5, 5.41) is 3.10. The van der Waals surface area contributed by atoms with Gasteiger partial charge in [-0.05, 0) is 6.92 Å². The highest BCUT2D eigenvalue weighted by molar-refractivity contribution is 5.86. The van der Waals surface area contributed by atoms with Crippen LogP contribution in [-0.4, -0.2) is 62.8 Å². The van der Waals surface area contributed by atoms with Gasteiger partial charge in [-0.1, -0.05) is 0 Å². The molecule has 18 heavy (non-hydrogen) atoms. The third-order valence-corrected chi connectivity index (χ3v) is 3.44. The number of carbonyl (C=O) groups excluding carboxylic acids is 2. The van der Waals surface area contributed by atoms with Gasteiger partial charge in [-0.15, -0.1) is 0 Å². The Hall–Kier alpha value is -1.14. The van der Waals surface area contributed by atoms with Gasteiger partial charge in [-0.25, -0.2) is 0 Å². The van der Waals surface area contributed by atoms with E-state index in [0.717, 1.165) is 0 Å². The van der Waals surface area contributed by atoms with E-state index in [2.05, 4.69) is 5.32 Å². The van der Waals surface area contributed by atoms with Crippen molar-refractivity contribution in [2.75, 3.05) is 46.0 Å². The summed E-state index contributed by atoms with van der Waals surface area (Å²) in [6, 6.07) is 0. The van der Waals surface area contributed by atoms with E-state index in [-0.39, 0.29) is 23.7 Å². The van der Waals surface area contributed by atoms with Crippen molar-refractivity contribution in [1.29, 1.82) is 0 Å². The predicted molar refractivity (Wildman–Crippen MR) is 63.9 cm³/mol. The molecule has 0 aromatic carbocycles. The second-order valence-corrected chi connectivity index (χ2v) is 4.56. The zero-order valence-corrected chi connectivity index (χ0v) is 10.7. The number of nitrogens with one attached hydrogen (secondary N) is 1.